The molecule has 15 aromatic carbocycles. The Labute approximate surface area is 842 Å². The van der Waals surface area contributed by atoms with Gasteiger partial charge in [0.2, 0.25) is 0 Å². The van der Waals surface area contributed by atoms with E-state index in [1.807, 2.05) is 407 Å². The van der Waals surface area contributed by atoms with Gasteiger partial charge in [0.05, 0.1) is 0 Å². The Bertz CT molecular complexity index is 6790. The molecule has 0 amide bonds. The van der Waals surface area contributed by atoms with Crippen LogP contribution in [0.5, 0.6) is 0 Å². The number of aromatic nitrogens is 9. The third-order valence-corrected chi connectivity index (χ3v) is 21.4. The number of pyridine rings is 9. The van der Waals surface area contributed by atoms with Crippen LogP contribution in [0.25, 0.3) is 166 Å². The predicted octanol–water partition coefficient (Wildman–Crippen LogP) is 30.5. The minimum absolute atomic E-state index is 0. The molecule has 0 aliphatic carbocycles. The summed E-state index contributed by atoms with van der Waals surface area (Å²) in [5, 5.41) is 14.3. The Kier molecular flexibility index (Phi) is 37.9. The Morgan fingerprint density at radius 2 is 0.358 bits per heavy atom. The van der Waals surface area contributed by atoms with E-state index >= 15 is 0 Å². The summed E-state index contributed by atoms with van der Waals surface area (Å²) in [7, 11) is 0. The van der Waals surface area contributed by atoms with Crippen LogP contribution in [0.3, 0.4) is 0 Å². The minimum Gasteiger partial charge on any atom is -0.305 e. The number of benzene rings is 15. The normalized spacial score (nSPS) is 10.1. The van der Waals surface area contributed by atoms with Gasteiger partial charge in [-0.2, -0.15) is 0 Å². The Morgan fingerprint density at radius 1 is 0.153 bits per heavy atom. The number of hydrogen-bond donors (Lipinski definition) is 0. The maximum absolute atomic E-state index is 4.45. The van der Waals surface area contributed by atoms with E-state index in [2.05, 4.69) is 198 Å². The minimum atomic E-state index is 0. The van der Waals surface area contributed by atoms with Gasteiger partial charge in [0, 0.05) is 55.8 Å². The van der Waals surface area contributed by atoms with E-state index in [0.717, 1.165) is 101 Å². The van der Waals surface area contributed by atoms with Crippen LogP contribution in [-0.4, -0.2) is 44.9 Å². The first-order valence-electron chi connectivity index (χ1n) is 43.9. The van der Waals surface area contributed by atoms with Crippen molar-refractivity contribution >= 4 is 64.6 Å². The summed E-state index contributed by atoms with van der Waals surface area (Å²) in [5.74, 6) is 0. The number of fused-ring (bicyclic) bond motifs is 6. The first kappa shape index (κ1) is 98.7. The van der Waals surface area contributed by atoms with Gasteiger partial charge in [-0.15, -0.1) is 323 Å². The second-order valence-corrected chi connectivity index (χ2v) is 30.4. The van der Waals surface area contributed by atoms with E-state index in [-0.39, 0.29) is 60.3 Å². The second-order valence-electron chi connectivity index (χ2n) is 30.4. The summed E-state index contributed by atoms with van der Waals surface area (Å²) in [6, 6.07) is 176. The van der Waals surface area contributed by atoms with Gasteiger partial charge in [-0.1, -0.05) is 181 Å². The standard InChI is InChI=1S/6C15H10N.2C12H10N.C11H8N.3Ir/c6*1-2-7-13(8-3-1)15-14-9-5-4-6-12(14)10-11-16-15;1-10-6-5-9-13-12(10)11-7-3-2-4-8-11;1-10-7-8-13-12(9-10)11-5-3-2-4-6-11;1-2-6-10(7-3-1)11-8-4-5-9-12-11;;;/h6*1-7,9-11H;2-7,9H,1H3;2-5,7-9H,1H3;1-6,8-9H;;;/q9*-1;3*+3. The first-order valence-corrected chi connectivity index (χ1v) is 43.9. The van der Waals surface area contributed by atoms with Gasteiger partial charge in [-0.3, -0.25) is 0 Å². The van der Waals surface area contributed by atoms with Crippen LogP contribution in [0.2, 0.25) is 0 Å². The van der Waals surface area contributed by atoms with Crippen molar-refractivity contribution in [3.8, 4) is 101 Å². The molecular formula is C125H88Ir3N9. The fraction of sp³-hybridized carbons (Fsp3) is 0.0160. The number of hydrogen-bond acceptors (Lipinski definition) is 9. The Morgan fingerprint density at radius 3 is 0.591 bits per heavy atom. The quantitative estimate of drug-likeness (QED) is 0.130. The van der Waals surface area contributed by atoms with Crippen molar-refractivity contribution in [1.29, 1.82) is 0 Å². The zero-order chi connectivity index (χ0) is 91.2. The van der Waals surface area contributed by atoms with Gasteiger partial charge in [0.25, 0.3) is 0 Å². The summed E-state index contributed by atoms with van der Waals surface area (Å²) in [5.41, 5.74) is 20.8. The number of nitrogens with zero attached hydrogens (tertiary/aromatic N) is 9. The first-order chi connectivity index (χ1) is 66.4. The van der Waals surface area contributed by atoms with Crippen molar-refractivity contribution in [2.45, 2.75) is 13.8 Å². The zero-order valence-electron chi connectivity index (χ0n) is 74.9. The van der Waals surface area contributed by atoms with Crippen LogP contribution >= 0.6 is 0 Å². The molecule has 0 spiro atoms. The summed E-state index contributed by atoms with van der Waals surface area (Å²) in [6.07, 6.45) is 16.5. The summed E-state index contributed by atoms with van der Waals surface area (Å²) in [4.78, 5) is 39.5. The molecular weight excluding hydrogens is 2200 g/mol. The fourth-order valence-corrected chi connectivity index (χ4v) is 14.9. The fourth-order valence-electron chi connectivity index (χ4n) is 14.9. The molecule has 0 saturated carbocycles. The van der Waals surface area contributed by atoms with E-state index in [1.54, 1.807) is 6.20 Å². The molecule has 0 saturated heterocycles. The van der Waals surface area contributed by atoms with E-state index in [1.165, 1.54) is 75.8 Å². The molecule has 0 radical (unpaired) electrons. The van der Waals surface area contributed by atoms with Crippen molar-refractivity contribution < 1.29 is 60.3 Å². The van der Waals surface area contributed by atoms with E-state index < -0.39 is 0 Å². The van der Waals surface area contributed by atoms with Crippen molar-refractivity contribution in [2.24, 2.45) is 0 Å². The van der Waals surface area contributed by atoms with Crippen molar-refractivity contribution in [1.82, 2.24) is 44.9 Å². The van der Waals surface area contributed by atoms with E-state index in [4.69, 9.17) is 0 Å². The van der Waals surface area contributed by atoms with Crippen LogP contribution in [0.1, 0.15) is 11.1 Å². The van der Waals surface area contributed by atoms with Gasteiger partial charge in [0.1, 0.15) is 0 Å². The SMILES string of the molecule is Cc1cccnc1-c1[c-]cccc1.Cc1ccnc(-c2[c-]cccc2)c1.[Ir+3].[Ir+3].[Ir+3].[c-]1ccccc1-c1ccccn1.[c-]1ccccc1-c1nccc2ccccc12.[c-]1ccccc1-c1nccc2ccccc12.[c-]1ccccc1-c1nccc2ccccc12.[c-]1ccccc1-c1nccc2ccccc12.[c-]1ccccc1-c1nccc2ccccc12.[c-]1ccccc1-c1nccc2ccccc12. The van der Waals surface area contributed by atoms with Crippen molar-refractivity contribution in [3.63, 3.8) is 0 Å². The summed E-state index contributed by atoms with van der Waals surface area (Å²) < 4.78 is 0. The topological polar surface area (TPSA) is 116 Å². The maximum atomic E-state index is 4.45. The molecule has 137 heavy (non-hydrogen) atoms. The molecule has 0 unspecified atom stereocenters. The number of rotatable bonds is 9. The van der Waals surface area contributed by atoms with E-state index in [9.17, 15) is 0 Å². The molecule has 0 N–H and O–H groups in total. The third kappa shape index (κ3) is 27.5. The summed E-state index contributed by atoms with van der Waals surface area (Å²) in [6.45, 7) is 4.12. The molecule has 0 aliphatic rings. The van der Waals surface area contributed by atoms with Crippen molar-refractivity contribution in [3.05, 3.63) is 564 Å². The molecule has 12 heteroatoms. The van der Waals surface area contributed by atoms with Crippen LogP contribution in [0.15, 0.2) is 499 Å². The van der Waals surface area contributed by atoms with Gasteiger partial charge >= 0.3 is 60.3 Å². The largest absolute Gasteiger partial charge is 3.00 e. The van der Waals surface area contributed by atoms with Gasteiger partial charge in [0.15, 0.2) is 0 Å². The molecule has 0 fully saturated rings. The average molecular weight is 2290 g/mol. The van der Waals surface area contributed by atoms with E-state index in [0.29, 0.717) is 0 Å². The van der Waals surface area contributed by atoms with Gasteiger partial charge in [-0.05, 0) is 184 Å². The van der Waals surface area contributed by atoms with Crippen LogP contribution in [0.4, 0.5) is 0 Å². The maximum Gasteiger partial charge on any atom is 3.00 e. The Hall–Kier alpha value is -15.8. The molecule has 9 heterocycles. The van der Waals surface area contributed by atoms with Crippen LogP contribution < -0.4 is 0 Å². The van der Waals surface area contributed by atoms with Crippen molar-refractivity contribution in [2.75, 3.05) is 0 Å². The molecule has 9 nitrogen and oxygen atoms in total. The number of aryl methyl sites for hydroxylation is 2. The molecule has 24 aromatic rings. The second kappa shape index (κ2) is 52.6. The zero-order valence-corrected chi connectivity index (χ0v) is 82.1. The van der Waals surface area contributed by atoms with Crippen LogP contribution in [-0.2, 0) is 60.3 Å². The molecule has 660 valence electrons. The third-order valence-electron chi connectivity index (χ3n) is 21.4. The molecule has 0 bridgehead atoms. The van der Waals surface area contributed by atoms with Gasteiger partial charge < -0.3 is 44.9 Å². The van der Waals surface area contributed by atoms with Crippen LogP contribution in [0, 0.1) is 68.4 Å². The molecule has 0 atom stereocenters. The molecule has 24 rings (SSSR count). The monoisotopic (exact) mass is 2290 g/mol. The Balaban J connectivity index is 0.000000130. The predicted molar refractivity (Wildman–Crippen MR) is 551 cm³/mol. The molecule has 0 aliphatic heterocycles. The van der Waals surface area contributed by atoms with Gasteiger partial charge in [-0.25, -0.2) is 0 Å². The molecule has 9 aromatic heterocycles. The summed E-state index contributed by atoms with van der Waals surface area (Å²) >= 11 is 0. The smallest absolute Gasteiger partial charge is 0.305 e. The average Bonchev–Trinajstić information content (AvgIpc) is 0.827.